The van der Waals surface area contributed by atoms with Gasteiger partial charge < -0.3 is 24.8 Å². The standard InChI is InChI=1S/C21H30O5/c1-10(2)11-9-12-13(15(23)14(11)22)21-8-6-7-20(3,4)18(21)16(24)17(12)26-19(21)25-5/h9-10,16-19,22-24H,6-8H2,1-5H3/t16-,17-,18-,19+,21+/m1/s1. The van der Waals surface area contributed by atoms with E-state index in [1.54, 1.807) is 7.11 Å². The fraction of sp³-hybridized carbons (Fsp3) is 0.714. The van der Waals surface area contributed by atoms with Gasteiger partial charge >= 0.3 is 0 Å². The first-order valence-corrected chi connectivity index (χ1v) is 9.62. The van der Waals surface area contributed by atoms with Crippen LogP contribution in [0.25, 0.3) is 0 Å². The van der Waals surface area contributed by atoms with Crippen molar-refractivity contribution in [3.63, 3.8) is 0 Å². The summed E-state index contributed by atoms with van der Waals surface area (Å²) in [5.74, 6) is -0.156. The number of benzene rings is 1. The highest BCUT2D eigenvalue weighted by Gasteiger charge is 2.68. The second kappa shape index (κ2) is 5.60. The van der Waals surface area contributed by atoms with Crippen LogP contribution < -0.4 is 0 Å². The highest BCUT2D eigenvalue weighted by Crippen LogP contribution is 2.68. The molecule has 5 atom stereocenters. The van der Waals surface area contributed by atoms with Crippen molar-refractivity contribution >= 4 is 0 Å². The maximum Gasteiger partial charge on any atom is 0.168 e. The van der Waals surface area contributed by atoms with Crippen LogP contribution in [-0.4, -0.2) is 34.8 Å². The van der Waals surface area contributed by atoms with E-state index in [9.17, 15) is 15.3 Å². The number of phenolic OH excluding ortho intramolecular Hbond substituents is 2. The molecule has 2 bridgehead atoms. The zero-order valence-electron chi connectivity index (χ0n) is 16.2. The number of methoxy groups -OCH3 is 1. The van der Waals surface area contributed by atoms with Crippen LogP contribution in [0.5, 0.6) is 11.5 Å². The van der Waals surface area contributed by atoms with E-state index in [2.05, 4.69) is 13.8 Å². The Hall–Kier alpha value is -1.30. The summed E-state index contributed by atoms with van der Waals surface area (Å²) in [6.45, 7) is 8.30. The molecule has 0 amide bonds. The summed E-state index contributed by atoms with van der Waals surface area (Å²) >= 11 is 0. The first kappa shape index (κ1) is 18.1. The number of aliphatic hydroxyl groups is 1. The summed E-state index contributed by atoms with van der Waals surface area (Å²) in [6, 6.07) is 1.91. The number of hydrogen-bond donors (Lipinski definition) is 3. The van der Waals surface area contributed by atoms with Gasteiger partial charge in [-0.25, -0.2) is 0 Å². The van der Waals surface area contributed by atoms with Crippen molar-refractivity contribution in [3.8, 4) is 11.5 Å². The second-order valence-electron chi connectivity index (χ2n) is 9.26. The molecule has 5 rings (SSSR count). The van der Waals surface area contributed by atoms with Crippen molar-refractivity contribution in [1.29, 1.82) is 0 Å². The van der Waals surface area contributed by atoms with E-state index in [1.165, 1.54) is 0 Å². The molecule has 1 aromatic carbocycles. The number of aliphatic hydroxyl groups excluding tert-OH is 1. The van der Waals surface area contributed by atoms with Gasteiger partial charge in [0.15, 0.2) is 17.8 Å². The van der Waals surface area contributed by atoms with Crippen molar-refractivity contribution in [2.24, 2.45) is 11.3 Å². The van der Waals surface area contributed by atoms with Crippen LogP contribution in [0.4, 0.5) is 0 Å². The monoisotopic (exact) mass is 362 g/mol. The molecule has 0 aromatic heterocycles. The lowest BCUT2D eigenvalue weighted by Crippen LogP contribution is -2.67. The molecule has 5 nitrogen and oxygen atoms in total. The quantitative estimate of drug-likeness (QED) is 0.699. The smallest absolute Gasteiger partial charge is 0.168 e. The van der Waals surface area contributed by atoms with Crippen LogP contribution >= 0.6 is 0 Å². The number of hydrogen-bond acceptors (Lipinski definition) is 5. The Balaban J connectivity index is 2.05. The molecule has 1 saturated carbocycles. The van der Waals surface area contributed by atoms with Crippen LogP contribution in [0.1, 0.15) is 75.7 Å². The molecule has 2 fully saturated rings. The molecule has 2 aliphatic carbocycles. The van der Waals surface area contributed by atoms with E-state index < -0.39 is 23.9 Å². The zero-order valence-corrected chi connectivity index (χ0v) is 16.2. The van der Waals surface area contributed by atoms with Gasteiger partial charge in [0.2, 0.25) is 0 Å². The minimum absolute atomic E-state index is 0.0489. The van der Waals surface area contributed by atoms with Crippen LogP contribution in [0, 0.1) is 11.3 Å². The third kappa shape index (κ3) is 2.02. The normalized spacial score (nSPS) is 37.5. The summed E-state index contributed by atoms with van der Waals surface area (Å²) in [6.07, 6.45) is 0.964. The third-order valence-electron chi connectivity index (χ3n) is 7.09. The summed E-state index contributed by atoms with van der Waals surface area (Å²) in [7, 11) is 1.62. The number of phenols is 2. The van der Waals surface area contributed by atoms with Crippen molar-refractivity contribution in [2.75, 3.05) is 7.11 Å². The highest BCUT2D eigenvalue weighted by atomic mass is 16.7. The van der Waals surface area contributed by atoms with Crippen molar-refractivity contribution in [3.05, 3.63) is 22.8 Å². The lowest BCUT2D eigenvalue weighted by atomic mass is 9.46. The molecule has 26 heavy (non-hydrogen) atoms. The molecule has 0 unspecified atom stereocenters. The second-order valence-corrected chi connectivity index (χ2v) is 9.26. The number of rotatable bonds is 2. The molecule has 4 aliphatic rings. The average molecular weight is 362 g/mol. The maximum absolute atomic E-state index is 11.3. The number of aromatic hydroxyl groups is 2. The Morgan fingerprint density at radius 2 is 1.88 bits per heavy atom. The van der Waals surface area contributed by atoms with Gasteiger partial charge in [0, 0.05) is 24.2 Å². The molecular weight excluding hydrogens is 332 g/mol. The largest absolute Gasteiger partial charge is 0.504 e. The fourth-order valence-corrected chi connectivity index (χ4v) is 6.16. The molecule has 3 N–H and O–H groups in total. The lowest BCUT2D eigenvalue weighted by molar-refractivity contribution is -0.310. The van der Waals surface area contributed by atoms with Crippen molar-refractivity contribution in [1.82, 2.24) is 0 Å². The summed E-state index contributed by atoms with van der Waals surface area (Å²) < 4.78 is 11.9. The topological polar surface area (TPSA) is 79.2 Å². The predicted molar refractivity (Wildman–Crippen MR) is 97.3 cm³/mol. The Kier molecular flexibility index (Phi) is 3.89. The SMILES string of the molecule is CO[C@H]1O[C@@H]2c3cc(C(C)C)c(O)c(O)c3[C@]13CCCC(C)(C)[C@H]3[C@@H]2O. The number of fused-ring (bicyclic) bond motifs is 1. The molecule has 1 spiro atoms. The Morgan fingerprint density at radius 3 is 2.50 bits per heavy atom. The van der Waals surface area contributed by atoms with E-state index in [-0.39, 0.29) is 28.7 Å². The predicted octanol–water partition coefficient (Wildman–Crippen LogP) is 3.70. The van der Waals surface area contributed by atoms with Gasteiger partial charge in [0.25, 0.3) is 0 Å². The third-order valence-corrected chi connectivity index (χ3v) is 7.09. The maximum atomic E-state index is 11.3. The molecular formula is C21H30O5. The van der Waals surface area contributed by atoms with Gasteiger partial charge in [0.05, 0.1) is 11.5 Å². The minimum Gasteiger partial charge on any atom is -0.504 e. The van der Waals surface area contributed by atoms with E-state index in [4.69, 9.17) is 9.47 Å². The van der Waals surface area contributed by atoms with Crippen molar-refractivity contribution in [2.45, 2.75) is 76.8 Å². The summed E-state index contributed by atoms with van der Waals surface area (Å²) in [4.78, 5) is 0. The zero-order chi connectivity index (χ0) is 19.0. The first-order chi connectivity index (χ1) is 12.2. The molecule has 1 saturated heterocycles. The Bertz CT molecular complexity index is 740. The van der Waals surface area contributed by atoms with Crippen LogP contribution in [0.15, 0.2) is 6.07 Å². The molecule has 5 heteroatoms. The molecule has 2 heterocycles. The fourth-order valence-electron chi connectivity index (χ4n) is 6.16. The van der Waals surface area contributed by atoms with Gasteiger partial charge in [-0.3, -0.25) is 0 Å². The number of ether oxygens (including phenoxy) is 2. The molecule has 144 valence electrons. The van der Waals surface area contributed by atoms with E-state index in [1.807, 2.05) is 19.9 Å². The highest BCUT2D eigenvalue weighted by molar-refractivity contribution is 5.61. The average Bonchev–Trinajstić information content (AvgIpc) is 2.56. The van der Waals surface area contributed by atoms with Crippen LogP contribution in [0.2, 0.25) is 0 Å². The summed E-state index contributed by atoms with van der Waals surface area (Å²) in [5.41, 5.74) is 1.44. The Labute approximate surface area is 154 Å². The van der Waals surface area contributed by atoms with Crippen molar-refractivity contribution < 1.29 is 24.8 Å². The van der Waals surface area contributed by atoms with E-state index in [0.29, 0.717) is 5.56 Å². The first-order valence-electron chi connectivity index (χ1n) is 9.62. The Morgan fingerprint density at radius 1 is 1.19 bits per heavy atom. The van der Waals surface area contributed by atoms with Gasteiger partial charge in [-0.2, -0.15) is 0 Å². The summed E-state index contributed by atoms with van der Waals surface area (Å²) in [5, 5.41) is 33.0. The van der Waals surface area contributed by atoms with E-state index in [0.717, 1.165) is 30.4 Å². The molecule has 1 aromatic rings. The molecule has 2 aliphatic heterocycles. The van der Waals surface area contributed by atoms with Gasteiger partial charge in [-0.05, 0) is 35.8 Å². The van der Waals surface area contributed by atoms with E-state index >= 15 is 0 Å². The van der Waals surface area contributed by atoms with Crippen LogP contribution in [-0.2, 0) is 14.9 Å². The van der Waals surface area contributed by atoms with Gasteiger partial charge in [-0.1, -0.05) is 34.1 Å². The lowest BCUT2D eigenvalue weighted by Gasteiger charge is -2.64. The minimum atomic E-state index is -0.659. The van der Waals surface area contributed by atoms with Gasteiger partial charge in [0.1, 0.15) is 6.10 Å². The van der Waals surface area contributed by atoms with Gasteiger partial charge in [-0.15, -0.1) is 0 Å². The van der Waals surface area contributed by atoms with Crippen LogP contribution in [0.3, 0.4) is 0 Å². The molecule has 0 radical (unpaired) electrons.